The molecule has 146 valence electrons. The lowest BCUT2D eigenvalue weighted by Gasteiger charge is -2.13. The Hall–Kier alpha value is -2.93. The first-order valence-corrected chi connectivity index (χ1v) is 9.93. The van der Waals surface area contributed by atoms with E-state index in [0.29, 0.717) is 16.1 Å². The van der Waals surface area contributed by atoms with Gasteiger partial charge in [-0.25, -0.2) is 4.98 Å². The van der Waals surface area contributed by atoms with Gasteiger partial charge in [0.2, 0.25) is 0 Å². The Morgan fingerprint density at radius 1 is 1.04 bits per heavy atom. The molecule has 6 nitrogen and oxygen atoms in total. The van der Waals surface area contributed by atoms with Crippen molar-refractivity contribution in [2.24, 2.45) is 0 Å². The second-order valence-electron chi connectivity index (χ2n) is 6.96. The lowest BCUT2D eigenvalue weighted by Crippen LogP contribution is -2.41. The second kappa shape index (κ2) is 7.98. The fourth-order valence-electron chi connectivity index (χ4n) is 3.35. The van der Waals surface area contributed by atoms with Crippen LogP contribution in [0, 0.1) is 20.8 Å². The average Bonchev–Trinajstić information content (AvgIpc) is 3.19. The number of hydrogen-bond acceptors (Lipinski definition) is 4. The van der Waals surface area contributed by atoms with Crippen LogP contribution in [-0.2, 0) is 0 Å². The fourth-order valence-corrected chi connectivity index (χ4v) is 4.32. The third-order valence-electron chi connectivity index (χ3n) is 4.56. The van der Waals surface area contributed by atoms with E-state index in [0.717, 1.165) is 22.0 Å². The van der Waals surface area contributed by atoms with E-state index in [1.165, 1.54) is 11.3 Å². The van der Waals surface area contributed by atoms with Gasteiger partial charge in [-0.3, -0.25) is 20.4 Å². The maximum absolute atomic E-state index is 12.6. The second-order valence-corrected chi connectivity index (χ2v) is 7.96. The molecule has 28 heavy (non-hydrogen) atoms. The number of nitrogens with one attached hydrogen (secondary N) is 2. The van der Waals surface area contributed by atoms with Crippen LogP contribution in [0.5, 0.6) is 0 Å². The van der Waals surface area contributed by atoms with E-state index in [4.69, 9.17) is 0 Å². The van der Waals surface area contributed by atoms with E-state index < -0.39 is 0 Å². The highest BCUT2D eigenvalue weighted by Crippen LogP contribution is 2.27. The van der Waals surface area contributed by atoms with E-state index in [1.807, 2.05) is 50.2 Å². The molecule has 2 heterocycles. The molecule has 7 heteroatoms. The fraction of sp³-hybridized carbons (Fsp3) is 0.286. The Balaban J connectivity index is 1.72. The van der Waals surface area contributed by atoms with Crippen molar-refractivity contribution in [1.29, 1.82) is 0 Å². The molecule has 0 bridgehead atoms. The SMILES string of the molecule is Cc1nc(-c2ccccc2)sc1C(=O)NNC(=O)c1cc(C)n(C(C)C)c1C. The summed E-state index contributed by atoms with van der Waals surface area (Å²) in [6, 6.07) is 11.8. The van der Waals surface area contributed by atoms with Gasteiger partial charge in [0.1, 0.15) is 9.88 Å². The van der Waals surface area contributed by atoms with Crippen molar-refractivity contribution < 1.29 is 9.59 Å². The average molecular weight is 397 g/mol. The van der Waals surface area contributed by atoms with Gasteiger partial charge in [-0.05, 0) is 40.7 Å². The normalized spacial score (nSPS) is 10.9. The first-order valence-electron chi connectivity index (χ1n) is 9.11. The van der Waals surface area contributed by atoms with Gasteiger partial charge in [0.15, 0.2) is 0 Å². The number of hydrazine groups is 1. The number of nitrogens with zero attached hydrogens (tertiary/aromatic N) is 2. The molecular formula is C21H24N4O2S. The zero-order chi connectivity index (χ0) is 20.4. The van der Waals surface area contributed by atoms with Crippen molar-refractivity contribution >= 4 is 23.2 Å². The number of carbonyl (C=O) groups excluding carboxylic acids is 2. The maximum atomic E-state index is 12.6. The summed E-state index contributed by atoms with van der Waals surface area (Å²) in [7, 11) is 0. The summed E-state index contributed by atoms with van der Waals surface area (Å²) in [5.41, 5.74) is 9.06. The van der Waals surface area contributed by atoms with Gasteiger partial charge in [-0.15, -0.1) is 11.3 Å². The van der Waals surface area contributed by atoms with Gasteiger partial charge in [0.25, 0.3) is 11.8 Å². The minimum Gasteiger partial charge on any atom is -0.346 e. The molecule has 3 aromatic rings. The van der Waals surface area contributed by atoms with E-state index >= 15 is 0 Å². The Morgan fingerprint density at radius 3 is 2.29 bits per heavy atom. The molecule has 2 aromatic heterocycles. The van der Waals surface area contributed by atoms with Crippen molar-refractivity contribution in [2.45, 2.75) is 40.7 Å². The number of aryl methyl sites for hydroxylation is 2. The Kier molecular flexibility index (Phi) is 5.65. The monoisotopic (exact) mass is 396 g/mol. The molecule has 1 aromatic carbocycles. The Labute approximate surface area is 168 Å². The Bertz CT molecular complexity index is 1020. The highest BCUT2D eigenvalue weighted by Gasteiger charge is 2.20. The van der Waals surface area contributed by atoms with Crippen LogP contribution >= 0.6 is 11.3 Å². The van der Waals surface area contributed by atoms with Crippen LogP contribution in [0.3, 0.4) is 0 Å². The molecule has 0 aliphatic rings. The first-order chi connectivity index (χ1) is 13.3. The van der Waals surface area contributed by atoms with E-state index in [1.54, 1.807) is 6.92 Å². The first kappa shape index (κ1) is 19.8. The number of carbonyl (C=O) groups is 2. The summed E-state index contributed by atoms with van der Waals surface area (Å²) < 4.78 is 2.09. The van der Waals surface area contributed by atoms with Crippen molar-refractivity contribution in [3.63, 3.8) is 0 Å². The Morgan fingerprint density at radius 2 is 1.68 bits per heavy atom. The minimum absolute atomic E-state index is 0.257. The van der Waals surface area contributed by atoms with Crippen LogP contribution in [0.1, 0.15) is 57.0 Å². The molecule has 0 saturated heterocycles. The molecule has 0 fully saturated rings. The van der Waals surface area contributed by atoms with Crippen LogP contribution in [-0.4, -0.2) is 21.4 Å². The molecule has 0 aliphatic carbocycles. The minimum atomic E-state index is -0.372. The van der Waals surface area contributed by atoms with Gasteiger partial charge in [0.05, 0.1) is 11.3 Å². The zero-order valence-electron chi connectivity index (χ0n) is 16.7. The number of aromatic nitrogens is 2. The smallest absolute Gasteiger partial charge is 0.281 e. The van der Waals surface area contributed by atoms with Gasteiger partial charge < -0.3 is 4.57 Å². The molecule has 0 atom stereocenters. The zero-order valence-corrected chi connectivity index (χ0v) is 17.5. The lowest BCUT2D eigenvalue weighted by molar-refractivity contribution is 0.0848. The van der Waals surface area contributed by atoms with E-state index in [2.05, 4.69) is 34.3 Å². The number of thiazole rings is 1. The lowest BCUT2D eigenvalue weighted by atomic mass is 10.2. The quantitative estimate of drug-likeness (QED) is 0.649. The van der Waals surface area contributed by atoms with Crippen molar-refractivity contribution in [2.75, 3.05) is 0 Å². The molecule has 2 N–H and O–H groups in total. The summed E-state index contributed by atoms with van der Waals surface area (Å²) in [5, 5.41) is 0.773. The standard InChI is InChI=1S/C21H24N4O2S/c1-12(2)25-13(3)11-17(15(25)5)19(26)23-24-20(27)18-14(4)22-21(28-18)16-9-7-6-8-10-16/h6-12H,1-5H3,(H,23,26)(H,24,27). The van der Waals surface area contributed by atoms with Gasteiger partial charge in [-0.2, -0.15) is 0 Å². The van der Waals surface area contributed by atoms with Gasteiger partial charge in [-0.1, -0.05) is 30.3 Å². The molecule has 0 unspecified atom stereocenters. The van der Waals surface area contributed by atoms with Crippen LogP contribution in [0.15, 0.2) is 36.4 Å². The third kappa shape index (κ3) is 3.84. The predicted molar refractivity (Wildman–Crippen MR) is 112 cm³/mol. The maximum Gasteiger partial charge on any atom is 0.281 e. The molecule has 3 rings (SSSR count). The van der Waals surface area contributed by atoms with Crippen molar-refractivity contribution in [3.8, 4) is 10.6 Å². The van der Waals surface area contributed by atoms with E-state index in [9.17, 15) is 9.59 Å². The van der Waals surface area contributed by atoms with Crippen molar-refractivity contribution in [3.05, 3.63) is 63.9 Å². The molecule has 0 saturated carbocycles. The number of rotatable bonds is 4. The largest absolute Gasteiger partial charge is 0.346 e. The number of hydrogen-bond donors (Lipinski definition) is 2. The van der Waals surface area contributed by atoms with Crippen LogP contribution in [0.4, 0.5) is 0 Å². The topological polar surface area (TPSA) is 76.0 Å². The predicted octanol–water partition coefficient (Wildman–Crippen LogP) is 4.19. The molecule has 0 spiro atoms. The molecule has 0 radical (unpaired) electrons. The van der Waals surface area contributed by atoms with Crippen LogP contribution < -0.4 is 10.9 Å². The summed E-state index contributed by atoms with van der Waals surface area (Å²) in [4.78, 5) is 30.1. The molecule has 2 amide bonds. The van der Waals surface area contributed by atoms with Crippen molar-refractivity contribution in [1.82, 2.24) is 20.4 Å². The summed E-state index contributed by atoms with van der Waals surface area (Å²) in [5.74, 6) is -0.706. The molecule has 0 aliphatic heterocycles. The summed E-state index contributed by atoms with van der Waals surface area (Å²) in [6.45, 7) is 9.80. The van der Waals surface area contributed by atoms with Crippen LogP contribution in [0.25, 0.3) is 10.6 Å². The molecular weight excluding hydrogens is 372 g/mol. The summed E-state index contributed by atoms with van der Waals surface area (Å²) in [6.07, 6.45) is 0. The van der Waals surface area contributed by atoms with Gasteiger partial charge >= 0.3 is 0 Å². The number of amides is 2. The van der Waals surface area contributed by atoms with Gasteiger partial charge in [0, 0.05) is 23.0 Å². The van der Waals surface area contributed by atoms with E-state index in [-0.39, 0.29) is 17.9 Å². The third-order valence-corrected chi connectivity index (χ3v) is 5.76. The van der Waals surface area contributed by atoms with Crippen LogP contribution in [0.2, 0.25) is 0 Å². The highest BCUT2D eigenvalue weighted by molar-refractivity contribution is 7.17. The summed E-state index contributed by atoms with van der Waals surface area (Å²) >= 11 is 1.30. The highest BCUT2D eigenvalue weighted by atomic mass is 32.1. The number of benzene rings is 1.